The number of imidazole rings is 1. The number of hydrogen-bond donors (Lipinski definition) is 0. The molecule has 0 spiro atoms. The van der Waals surface area contributed by atoms with Crippen LogP contribution in [0.25, 0.3) is 11.5 Å². The zero-order valence-electron chi connectivity index (χ0n) is 7.71. The first-order valence-electron chi connectivity index (χ1n) is 4.21. The predicted molar refractivity (Wildman–Crippen MR) is 51.8 cm³/mol. The van der Waals surface area contributed by atoms with Crippen LogP contribution in [0.3, 0.4) is 0 Å². The van der Waals surface area contributed by atoms with E-state index in [1.807, 2.05) is 18.2 Å². The largest absolute Gasteiger partial charge is 0.324 e. The lowest BCUT2D eigenvalue weighted by molar-refractivity contribution is 0.111. The molecule has 0 saturated heterocycles. The Kier molecular flexibility index (Phi) is 2.10. The Labute approximate surface area is 81.2 Å². The Balaban J connectivity index is 2.53. The van der Waals surface area contributed by atoms with E-state index >= 15 is 0 Å². The molecule has 2 aromatic rings. The lowest BCUT2D eigenvalue weighted by atomic mass is 10.3. The first-order chi connectivity index (χ1) is 6.83. The highest BCUT2D eigenvalue weighted by atomic mass is 16.1. The van der Waals surface area contributed by atoms with Crippen molar-refractivity contribution >= 4 is 6.29 Å². The van der Waals surface area contributed by atoms with Crippen LogP contribution in [-0.2, 0) is 7.05 Å². The third-order valence-corrected chi connectivity index (χ3v) is 2.04. The molecule has 0 atom stereocenters. The summed E-state index contributed by atoms with van der Waals surface area (Å²) in [5, 5.41) is 0. The van der Waals surface area contributed by atoms with Gasteiger partial charge in [-0.1, -0.05) is 6.07 Å². The second-order valence-electron chi connectivity index (χ2n) is 2.90. The van der Waals surface area contributed by atoms with Crippen molar-refractivity contribution in [3.05, 3.63) is 36.3 Å². The number of rotatable bonds is 2. The van der Waals surface area contributed by atoms with Gasteiger partial charge in [-0.2, -0.15) is 0 Å². The van der Waals surface area contributed by atoms with Gasteiger partial charge < -0.3 is 4.57 Å². The summed E-state index contributed by atoms with van der Waals surface area (Å²) in [7, 11) is 1.79. The van der Waals surface area contributed by atoms with E-state index in [-0.39, 0.29) is 0 Å². The number of aromatic nitrogens is 3. The maximum Gasteiger partial charge on any atom is 0.168 e. The van der Waals surface area contributed by atoms with Gasteiger partial charge in [0.25, 0.3) is 0 Å². The fraction of sp³-hybridized carbons (Fsp3) is 0.100. The minimum atomic E-state index is 0.547. The highest BCUT2D eigenvalue weighted by Gasteiger charge is 2.07. The summed E-state index contributed by atoms with van der Waals surface area (Å²) in [5.74, 6) is 0.702. The van der Waals surface area contributed by atoms with Gasteiger partial charge in [-0.25, -0.2) is 4.98 Å². The summed E-state index contributed by atoms with van der Waals surface area (Å²) >= 11 is 0. The molecule has 0 bridgehead atoms. The number of carbonyl (C=O) groups excluding carboxylic acids is 1. The maximum atomic E-state index is 10.6. The molecule has 2 aromatic heterocycles. The van der Waals surface area contributed by atoms with E-state index in [0.717, 1.165) is 12.0 Å². The van der Waals surface area contributed by atoms with Crippen LogP contribution in [0.2, 0.25) is 0 Å². The van der Waals surface area contributed by atoms with E-state index < -0.39 is 0 Å². The van der Waals surface area contributed by atoms with Crippen molar-refractivity contribution in [2.24, 2.45) is 7.05 Å². The van der Waals surface area contributed by atoms with Crippen LogP contribution >= 0.6 is 0 Å². The van der Waals surface area contributed by atoms with E-state index in [1.54, 1.807) is 17.8 Å². The maximum absolute atomic E-state index is 10.6. The molecule has 70 valence electrons. The predicted octanol–water partition coefficient (Wildman–Crippen LogP) is 1.29. The van der Waals surface area contributed by atoms with Crippen molar-refractivity contribution in [3.8, 4) is 11.5 Å². The molecular weight excluding hydrogens is 178 g/mol. The molecule has 0 saturated carbocycles. The molecular formula is C10H9N3O. The molecule has 4 heteroatoms. The third kappa shape index (κ3) is 1.31. The van der Waals surface area contributed by atoms with Crippen LogP contribution < -0.4 is 0 Å². The molecule has 2 rings (SSSR count). The van der Waals surface area contributed by atoms with Crippen LogP contribution in [0.1, 0.15) is 10.5 Å². The van der Waals surface area contributed by atoms with Crippen molar-refractivity contribution in [1.82, 2.24) is 14.5 Å². The summed E-state index contributed by atoms with van der Waals surface area (Å²) in [6, 6.07) is 5.58. The molecule has 4 nitrogen and oxygen atoms in total. The van der Waals surface area contributed by atoms with Crippen molar-refractivity contribution < 1.29 is 4.79 Å². The highest BCUT2D eigenvalue weighted by Crippen LogP contribution is 2.14. The second-order valence-corrected chi connectivity index (χ2v) is 2.90. The van der Waals surface area contributed by atoms with Crippen LogP contribution in [0.4, 0.5) is 0 Å². The summed E-state index contributed by atoms with van der Waals surface area (Å²) in [6.45, 7) is 0. The quantitative estimate of drug-likeness (QED) is 0.665. The molecule has 0 aliphatic rings. The van der Waals surface area contributed by atoms with E-state index in [0.29, 0.717) is 11.5 Å². The van der Waals surface area contributed by atoms with Crippen LogP contribution in [0.15, 0.2) is 30.6 Å². The number of aldehydes is 1. The van der Waals surface area contributed by atoms with Crippen LogP contribution in [-0.4, -0.2) is 20.8 Å². The molecule has 0 aliphatic heterocycles. The zero-order chi connectivity index (χ0) is 9.97. The highest BCUT2D eigenvalue weighted by molar-refractivity contribution is 5.73. The molecule has 0 unspecified atom stereocenters. The number of hydrogen-bond acceptors (Lipinski definition) is 3. The third-order valence-electron chi connectivity index (χ3n) is 2.04. The molecule has 0 aliphatic carbocycles. The van der Waals surface area contributed by atoms with Gasteiger partial charge in [0, 0.05) is 13.2 Å². The van der Waals surface area contributed by atoms with Crippen LogP contribution in [0.5, 0.6) is 0 Å². The standard InChI is InChI=1S/C10H9N3O/c1-13-8(7-14)6-12-10(13)9-4-2-3-5-11-9/h2-7H,1H3. The molecule has 0 radical (unpaired) electrons. The number of carbonyl (C=O) groups is 1. The van der Waals surface area contributed by atoms with Gasteiger partial charge in [-0.3, -0.25) is 9.78 Å². The summed E-state index contributed by atoms with van der Waals surface area (Å²) in [4.78, 5) is 18.9. The smallest absolute Gasteiger partial charge is 0.168 e. The van der Waals surface area contributed by atoms with Crippen molar-refractivity contribution in [1.29, 1.82) is 0 Å². The van der Waals surface area contributed by atoms with Gasteiger partial charge in [0.2, 0.25) is 0 Å². The Hall–Kier alpha value is -1.97. The van der Waals surface area contributed by atoms with E-state index in [9.17, 15) is 4.79 Å². The average molecular weight is 187 g/mol. The van der Waals surface area contributed by atoms with E-state index in [1.165, 1.54) is 6.20 Å². The Morgan fingerprint density at radius 1 is 1.36 bits per heavy atom. The fourth-order valence-corrected chi connectivity index (χ4v) is 1.27. The van der Waals surface area contributed by atoms with Gasteiger partial charge in [-0.05, 0) is 12.1 Å². The molecule has 14 heavy (non-hydrogen) atoms. The van der Waals surface area contributed by atoms with E-state index in [4.69, 9.17) is 0 Å². The molecule has 2 heterocycles. The summed E-state index contributed by atoms with van der Waals surface area (Å²) in [5.41, 5.74) is 1.31. The zero-order valence-corrected chi connectivity index (χ0v) is 7.71. The van der Waals surface area contributed by atoms with Gasteiger partial charge >= 0.3 is 0 Å². The SMILES string of the molecule is Cn1c(C=O)cnc1-c1ccccn1. The van der Waals surface area contributed by atoms with Crippen molar-refractivity contribution in [2.75, 3.05) is 0 Å². The fourth-order valence-electron chi connectivity index (χ4n) is 1.27. The normalized spacial score (nSPS) is 10.1. The Morgan fingerprint density at radius 2 is 2.21 bits per heavy atom. The van der Waals surface area contributed by atoms with Crippen molar-refractivity contribution in [2.45, 2.75) is 0 Å². The summed E-state index contributed by atoms with van der Waals surface area (Å²) in [6.07, 6.45) is 4.01. The van der Waals surface area contributed by atoms with Crippen molar-refractivity contribution in [3.63, 3.8) is 0 Å². The monoisotopic (exact) mass is 187 g/mol. The molecule has 0 N–H and O–H groups in total. The Bertz CT molecular complexity index is 448. The van der Waals surface area contributed by atoms with Gasteiger partial charge in [0.15, 0.2) is 12.1 Å². The minimum Gasteiger partial charge on any atom is -0.324 e. The summed E-state index contributed by atoms with van der Waals surface area (Å²) < 4.78 is 1.72. The van der Waals surface area contributed by atoms with Gasteiger partial charge in [-0.15, -0.1) is 0 Å². The van der Waals surface area contributed by atoms with Gasteiger partial charge in [0.05, 0.1) is 6.20 Å². The second kappa shape index (κ2) is 3.41. The van der Waals surface area contributed by atoms with E-state index in [2.05, 4.69) is 9.97 Å². The first-order valence-corrected chi connectivity index (χ1v) is 4.21. The van der Waals surface area contributed by atoms with Crippen LogP contribution in [0, 0.1) is 0 Å². The number of pyridine rings is 1. The lowest BCUT2D eigenvalue weighted by Gasteiger charge is -2.00. The minimum absolute atomic E-state index is 0.547. The molecule has 0 amide bonds. The molecule has 0 fully saturated rings. The first kappa shape index (κ1) is 8.62. The topological polar surface area (TPSA) is 47.8 Å². The van der Waals surface area contributed by atoms with Gasteiger partial charge in [0.1, 0.15) is 11.4 Å². The Morgan fingerprint density at radius 3 is 2.79 bits per heavy atom. The number of nitrogens with zero attached hydrogens (tertiary/aromatic N) is 3. The molecule has 0 aromatic carbocycles. The average Bonchev–Trinajstić information content (AvgIpc) is 2.61. The lowest BCUT2D eigenvalue weighted by Crippen LogP contribution is -1.98.